The van der Waals surface area contributed by atoms with E-state index >= 15 is 0 Å². The molecular formula is C12H12N2O4S. The first-order valence-electron chi connectivity index (χ1n) is 5.57. The van der Waals surface area contributed by atoms with Crippen LogP contribution in [0.3, 0.4) is 0 Å². The molecule has 7 heteroatoms. The number of hydrogen-bond acceptors (Lipinski definition) is 6. The molecule has 1 heterocycles. The Hall–Kier alpha value is -2.15. The molecule has 6 nitrogen and oxygen atoms in total. The molecule has 19 heavy (non-hydrogen) atoms. The molecular weight excluding hydrogens is 268 g/mol. The van der Waals surface area contributed by atoms with Crippen molar-refractivity contribution < 1.29 is 14.3 Å². The van der Waals surface area contributed by atoms with Crippen LogP contribution in [0.4, 0.5) is 0 Å². The number of carbonyl (C=O) groups is 1. The highest BCUT2D eigenvalue weighted by Gasteiger charge is 2.15. The molecule has 0 atom stereocenters. The molecule has 0 spiro atoms. The SMILES string of the molecule is CCOC(=O)c1nn(-c2ccc(OC)cc2)c(=O)s1. The van der Waals surface area contributed by atoms with Gasteiger partial charge in [0, 0.05) is 0 Å². The average molecular weight is 280 g/mol. The first kappa shape index (κ1) is 13.3. The van der Waals surface area contributed by atoms with Crippen LogP contribution in [0.15, 0.2) is 29.1 Å². The maximum Gasteiger partial charge on any atom is 0.369 e. The molecule has 1 aromatic carbocycles. The first-order chi connectivity index (χ1) is 9.15. The van der Waals surface area contributed by atoms with Gasteiger partial charge in [-0.3, -0.25) is 4.79 Å². The van der Waals surface area contributed by atoms with Crippen LogP contribution in [0.2, 0.25) is 0 Å². The van der Waals surface area contributed by atoms with Crippen molar-refractivity contribution >= 4 is 17.3 Å². The van der Waals surface area contributed by atoms with E-state index in [9.17, 15) is 9.59 Å². The first-order valence-corrected chi connectivity index (χ1v) is 6.39. The Bertz CT molecular complexity index is 630. The zero-order valence-corrected chi connectivity index (χ0v) is 11.3. The fraction of sp³-hybridized carbons (Fsp3) is 0.250. The standard InChI is InChI=1S/C12H12N2O4S/c1-3-18-11(15)10-13-14(12(16)19-10)8-4-6-9(17-2)7-5-8/h4-7H,3H2,1-2H3. The number of aromatic nitrogens is 2. The summed E-state index contributed by atoms with van der Waals surface area (Å²) >= 11 is 0.758. The lowest BCUT2D eigenvalue weighted by molar-refractivity contribution is 0.0524. The Morgan fingerprint density at radius 2 is 2.05 bits per heavy atom. The highest BCUT2D eigenvalue weighted by molar-refractivity contribution is 7.10. The van der Waals surface area contributed by atoms with Crippen LogP contribution in [-0.4, -0.2) is 29.5 Å². The molecule has 0 bridgehead atoms. The van der Waals surface area contributed by atoms with Gasteiger partial charge < -0.3 is 9.47 Å². The van der Waals surface area contributed by atoms with Crippen molar-refractivity contribution in [3.8, 4) is 11.4 Å². The van der Waals surface area contributed by atoms with E-state index in [0.29, 0.717) is 11.4 Å². The van der Waals surface area contributed by atoms with Crippen LogP contribution in [-0.2, 0) is 4.74 Å². The van der Waals surface area contributed by atoms with E-state index < -0.39 is 5.97 Å². The largest absolute Gasteiger partial charge is 0.497 e. The topological polar surface area (TPSA) is 70.4 Å². The minimum atomic E-state index is -0.586. The van der Waals surface area contributed by atoms with Crippen molar-refractivity contribution in [3.05, 3.63) is 38.9 Å². The maximum absolute atomic E-state index is 11.8. The highest BCUT2D eigenvalue weighted by Crippen LogP contribution is 2.14. The van der Waals surface area contributed by atoms with Crippen molar-refractivity contribution in [2.45, 2.75) is 6.92 Å². The number of methoxy groups -OCH3 is 1. The van der Waals surface area contributed by atoms with Gasteiger partial charge in [-0.25, -0.2) is 4.79 Å². The van der Waals surface area contributed by atoms with E-state index in [1.807, 2.05) is 0 Å². The Balaban J connectivity index is 2.34. The summed E-state index contributed by atoms with van der Waals surface area (Å²) in [7, 11) is 1.56. The predicted octanol–water partition coefficient (Wildman–Crippen LogP) is 1.48. The zero-order valence-electron chi connectivity index (χ0n) is 10.5. The minimum absolute atomic E-state index is 0.0441. The highest BCUT2D eigenvalue weighted by atomic mass is 32.1. The fourth-order valence-electron chi connectivity index (χ4n) is 1.44. The monoisotopic (exact) mass is 280 g/mol. The molecule has 0 saturated carbocycles. The summed E-state index contributed by atoms with van der Waals surface area (Å²) in [5, 5.41) is 4.01. The molecule has 0 saturated heterocycles. The molecule has 1 aromatic heterocycles. The van der Waals surface area contributed by atoms with Crippen LogP contribution in [0.5, 0.6) is 5.75 Å². The van der Waals surface area contributed by atoms with E-state index in [1.54, 1.807) is 38.3 Å². The third-order valence-electron chi connectivity index (χ3n) is 2.31. The van der Waals surface area contributed by atoms with E-state index in [2.05, 4.69) is 5.10 Å². The van der Waals surface area contributed by atoms with Gasteiger partial charge in [0.25, 0.3) is 0 Å². The number of esters is 1. The minimum Gasteiger partial charge on any atom is -0.497 e. The third-order valence-corrected chi connectivity index (χ3v) is 3.10. The molecule has 0 radical (unpaired) electrons. The molecule has 0 N–H and O–H groups in total. The quantitative estimate of drug-likeness (QED) is 0.793. The van der Waals surface area contributed by atoms with Crippen molar-refractivity contribution in [2.24, 2.45) is 0 Å². The second-order valence-corrected chi connectivity index (χ2v) is 4.44. The zero-order chi connectivity index (χ0) is 13.8. The molecule has 0 unspecified atom stereocenters. The lowest BCUT2D eigenvalue weighted by Gasteiger charge is -2.02. The van der Waals surface area contributed by atoms with Gasteiger partial charge in [0.15, 0.2) is 0 Å². The number of carbonyl (C=O) groups excluding carboxylic acids is 1. The third kappa shape index (κ3) is 2.82. The van der Waals surface area contributed by atoms with Crippen molar-refractivity contribution in [1.82, 2.24) is 9.78 Å². The molecule has 0 aliphatic heterocycles. The van der Waals surface area contributed by atoms with Gasteiger partial charge in [-0.05, 0) is 42.5 Å². The predicted molar refractivity (Wildman–Crippen MR) is 70.2 cm³/mol. The van der Waals surface area contributed by atoms with Crippen LogP contribution in [0.25, 0.3) is 5.69 Å². The van der Waals surface area contributed by atoms with E-state index in [1.165, 1.54) is 0 Å². The Morgan fingerprint density at radius 3 is 2.63 bits per heavy atom. The van der Waals surface area contributed by atoms with E-state index in [0.717, 1.165) is 16.0 Å². The summed E-state index contributed by atoms with van der Waals surface area (Å²) in [6.45, 7) is 1.94. The Morgan fingerprint density at radius 1 is 1.37 bits per heavy atom. The summed E-state index contributed by atoms with van der Waals surface area (Å²) < 4.78 is 11.0. The van der Waals surface area contributed by atoms with E-state index in [-0.39, 0.29) is 16.5 Å². The number of ether oxygens (including phenoxy) is 2. The van der Waals surface area contributed by atoms with E-state index in [4.69, 9.17) is 9.47 Å². The normalized spacial score (nSPS) is 10.2. The number of hydrogen-bond donors (Lipinski definition) is 0. The average Bonchev–Trinajstić information content (AvgIpc) is 2.81. The maximum atomic E-state index is 11.8. The molecule has 2 rings (SSSR count). The van der Waals surface area contributed by atoms with Crippen LogP contribution < -0.4 is 9.61 Å². The second kappa shape index (κ2) is 5.66. The number of benzene rings is 1. The van der Waals surface area contributed by atoms with Gasteiger partial charge in [0.1, 0.15) is 5.75 Å². The summed E-state index contributed by atoms with van der Waals surface area (Å²) in [5.41, 5.74) is 0.567. The second-order valence-electron chi connectivity index (χ2n) is 3.50. The van der Waals surface area contributed by atoms with Gasteiger partial charge >= 0.3 is 10.8 Å². The fourth-order valence-corrected chi connectivity index (χ4v) is 2.10. The van der Waals surface area contributed by atoms with Crippen molar-refractivity contribution in [3.63, 3.8) is 0 Å². The summed E-state index contributed by atoms with van der Waals surface area (Å²) in [6.07, 6.45) is 0. The Labute approximate surface area is 113 Å². The molecule has 0 aliphatic carbocycles. The van der Waals surface area contributed by atoms with Gasteiger partial charge in [0.2, 0.25) is 5.01 Å². The summed E-state index contributed by atoms with van der Waals surface area (Å²) in [6, 6.07) is 6.81. The molecule has 0 amide bonds. The lowest BCUT2D eigenvalue weighted by Crippen LogP contribution is -2.12. The summed E-state index contributed by atoms with van der Waals surface area (Å²) in [5.74, 6) is 0.0921. The lowest BCUT2D eigenvalue weighted by atomic mass is 10.3. The van der Waals surface area contributed by atoms with Crippen molar-refractivity contribution in [1.29, 1.82) is 0 Å². The van der Waals surface area contributed by atoms with Gasteiger partial charge in [-0.15, -0.1) is 5.10 Å². The van der Waals surface area contributed by atoms with Gasteiger partial charge in [-0.2, -0.15) is 4.68 Å². The molecule has 0 aliphatic rings. The van der Waals surface area contributed by atoms with Gasteiger partial charge in [0.05, 0.1) is 19.4 Å². The summed E-state index contributed by atoms with van der Waals surface area (Å²) in [4.78, 5) is 22.9. The molecule has 2 aromatic rings. The smallest absolute Gasteiger partial charge is 0.369 e. The molecule has 0 fully saturated rings. The van der Waals surface area contributed by atoms with Crippen LogP contribution in [0.1, 0.15) is 16.7 Å². The molecule has 100 valence electrons. The van der Waals surface area contributed by atoms with Crippen LogP contribution >= 0.6 is 11.3 Å². The van der Waals surface area contributed by atoms with Crippen molar-refractivity contribution in [2.75, 3.05) is 13.7 Å². The van der Waals surface area contributed by atoms with Crippen LogP contribution in [0, 0.1) is 0 Å². The number of nitrogens with zero attached hydrogens (tertiary/aromatic N) is 2. The number of rotatable bonds is 4. The Kier molecular flexibility index (Phi) is 3.96. The van der Waals surface area contributed by atoms with Gasteiger partial charge in [-0.1, -0.05) is 0 Å².